The predicted octanol–water partition coefficient (Wildman–Crippen LogP) is 5.57. The highest BCUT2D eigenvalue weighted by molar-refractivity contribution is 6.30. The molecule has 0 saturated heterocycles. The summed E-state index contributed by atoms with van der Waals surface area (Å²) in [6.07, 6.45) is 2.05. The maximum atomic E-state index is 5.96. The summed E-state index contributed by atoms with van der Waals surface area (Å²) in [5, 5.41) is 4.33. The summed E-state index contributed by atoms with van der Waals surface area (Å²) in [7, 11) is 0. The smallest absolute Gasteiger partial charge is 0.231 e. The molecule has 3 nitrogen and oxygen atoms in total. The van der Waals surface area contributed by atoms with E-state index in [1.807, 2.05) is 18.2 Å². The molecule has 0 bridgehead atoms. The molecule has 0 aromatic heterocycles. The quantitative estimate of drug-likeness (QED) is 0.507. The lowest BCUT2D eigenvalue weighted by molar-refractivity contribution is 0.174. The summed E-state index contributed by atoms with van der Waals surface area (Å²) in [6, 6.07) is 25.0. The van der Waals surface area contributed by atoms with Crippen molar-refractivity contribution < 1.29 is 9.47 Å². The minimum atomic E-state index is 0.310. The number of nitrogens with one attached hydrogen (secondary N) is 1. The van der Waals surface area contributed by atoms with Crippen molar-refractivity contribution in [3.8, 4) is 11.5 Å². The molecule has 0 saturated carbocycles. The first-order valence-corrected chi connectivity index (χ1v) is 10.0. The third-order valence-corrected chi connectivity index (χ3v) is 5.36. The van der Waals surface area contributed by atoms with E-state index >= 15 is 0 Å². The van der Waals surface area contributed by atoms with Gasteiger partial charge in [-0.2, -0.15) is 0 Å². The highest BCUT2D eigenvalue weighted by atomic mass is 35.5. The number of rotatable bonds is 8. The average molecular weight is 394 g/mol. The van der Waals surface area contributed by atoms with Crippen LogP contribution >= 0.6 is 11.6 Å². The minimum absolute atomic E-state index is 0.310. The zero-order valence-electron chi connectivity index (χ0n) is 15.7. The topological polar surface area (TPSA) is 30.5 Å². The molecule has 0 amide bonds. The number of ether oxygens (including phenoxy) is 2. The monoisotopic (exact) mass is 393 g/mol. The van der Waals surface area contributed by atoms with Gasteiger partial charge in [-0.05, 0) is 66.3 Å². The van der Waals surface area contributed by atoms with E-state index in [2.05, 4.69) is 59.9 Å². The van der Waals surface area contributed by atoms with E-state index < -0.39 is 0 Å². The maximum Gasteiger partial charge on any atom is 0.231 e. The van der Waals surface area contributed by atoms with Crippen molar-refractivity contribution in [1.29, 1.82) is 0 Å². The van der Waals surface area contributed by atoms with Crippen LogP contribution in [0.1, 0.15) is 29.0 Å². The lowest BCUT2D eigenvalue weighted by atomic mass is 9.89. The summed E-state index contributed by atoms with van der Waals surface area (Å²) in [6.45, 7) is 2.09. The number of benzene rings is 3. The van der Waals surface area contributed by atoms with Gasteiger partial charge in [-0.25, -0.2) is 0 Å². The second kappa shape index (κ2) is 9.13. The van der Waals surface area contributed by atoms with Gasteiger partial charge in [0.25, 0.3) is 0 Å². The molecule has 3 aromatic carbocycles. The molecule has 4 rings (SSSR count). The highest BCUT2D eigenvalue weighted by Gasteiger charge is 2.18. The molecule has 0 unspecified atom stereocenters. The number of fused-ring (bicyclic) bond motifs is 1. The van der Waals surface area contributed by atoms with Gasteiger partial charge in [0.05, 0.1) is 0 Å². The van der Waals surface area contributed by atoms with Gasteiger partial charge in [0.1, 0.15) is 0 Å². The van der Waals surface area contributed by atoms with Crippen molar-refractivity contribution in [3.63, 3.8) is 0 Å². The van der Waals surface area contributed by atoms with Gasteiger partial charge < -0.3 is 14.8 Å². The van der Waals surface area contributed by atoms with Crippen LogP contribution in [0.5, 0.6) is 11.5 Å². The van der Waals surface area contributed by atoms with Crippen LogP contribution in [0.3, 0.4) is 0 Å². The van der Waals surface area contributed by atoms with Gasteiger partial charge in [-0.1, -0.05) is 60.1 Å². The first-order valence-electron chi connectivity index (χ1n) is 9.66. The van der Waals surface area contributed by atoms with Crippen LogP contribution in [0.4, 0.5) is 0 Å². The fourth-order valence-corrected chi connectivity index (χ4v) is 3.69. The van der Waals surface area contributed by atoms with E-state index in [9.17, 15) is 0 Å². The van der Waals surface area contributed by atoms with Crippen LogP contribution in [0, 0.1) is 0 Å². The van der Waals surface area contributed by atoms with Crippen molar-refractivity contribution in [2.45, 2.75) is 25.3 Å². The molecule has 0 fully saturated rings. The molecule has 1 atom stereocenters. The van der Waals surface area contributed by atoms with E-state index in [1.165, 1.54) is 16.7 Å². The predicted molar refractivity (Wildman–Crippen MR) is 113 cm³/mol. The summed E-state index contributed by atoms with van der Waals surface area (Å²) in [5.41, 5.74) is 3.89. The Morgan fingerprint density at radius 2 is 1.64 bits per heavy atom. The number of halogens is 1. The van der Waals surface area contributed by atoms with E-state index in [4.69, 9.17) is 21.1 Å². The van der Waals surface area contributed by atoms with Crippen LogP contribution in [0.15, 0.2) is 72.8 Å². The Morgan fingerprint density at radius 1 is 0.857 bits per heavy atom. The summed E-state index contributed by atoms with van der Waals surface area (Å²) >= 11 is 5.96. The van der Waals surface area contributed by atoms with Crippen LogP contribution < -0.4 is 14.8 Å². The lowest BCUT2D eigenvalue weighted by Gasteiger charge is -2.19. The van der Waals surface area contributed by atoms with Crippen LogP contribution in [-0.4, -0.2) is 13.3 Å². The zero-order chi connectivity index (χ0) is 19.2. The van der Waals surface area contributed by atoms with E-state index in [0.29, 0.717) is 12.7 Å². The lowest BCUT2D eigenvalue weighted by Crippen LogP contribution is -2.18. The Labute approximate surface area is 171 Å². The highest BCUT2D eigenvalue weighted by Crippen LogP contribution is 2.36. The maximum absolute atomic E-state index is 5.96. The SMILES string of the molecule is Clc1ccc(CNCC[C@@H](Cc2ccccc2)c2ccc3c(c2)OCO3)cc1. The summed E-state index contributed by atoms with van der Waals surface area (Å²) in [4.78, 5) is 0. The van der Waals surface area contributed by atoms with Crippen molar-refractivity contribution in [3.05, 3.63) is 94.5 Å². The summed E-state index contributed by atoms with van der Waals surface area (Å²) < 4.78 is 11.0. The van der Waals surface area contributed by atoms with Crippen LogP contribution in [0.25, 0.3) is 0 Å². The van der Waals surface area contributed by atoms with Crippen molar-refractivity contribution >= 4 is 11.6 Å². The average Bonchev–Trinajstić information content (AvgIpc) is 3.20. The van der Waals surface area contributed by atoms with Crippen molar-refractivity contribution in [1.82, 2.24) is 5.32 Å². The molecule has 4 heteroatoms. The third kappa shape index (κ3) is 4.86. The molecular weight excluding hydrogens is 370 g/mol. The Kier molecular flexibility index (Phi) is 6.15. The van der Waals surface area contributed by atoms with Gasteiger partial charge >= 0.3 is 0 Å². The van der Waals surface area contributed by atoms with E-state index in [1.54, 1.807) is 0 Å². The zero-order valence-corrected chi connectivity index (χ0v) is 16.5. The Balaban J connectivity index is 1.41. The molecule has 0 aliphatic carbocycles. The van der Waals surface area contributed by atoms with Gasteiger partial charge in [0.15, 0.2) is 11.5 Å². The third-order valence-electron chi connectivity index (χ3n) is 5.10. The molecule has 1 aliphatic rings. The number of hydrogen-bond donors (Lipinski definition) is 1. The van der Waals surface area contributed by atoms with E-state index in [-0.39, 0.29) is 0 Å². The molecule has 0 spiro atoms. The molecular formula is C24H24ClNO2. The Morgan fingerprint density at radius 3 is 2.46 bits per heavy atom. The molecule has 1 N–H and O–H groups in total. The van der Waals surface area contributed by atoms with Gasteiger partial charge in [-0.15, -0.1) is 0 Å². The van der Waals surface area contributed by atoms with Crippen molar-refractivity contribution in [2.75, 3.05) is 13.3 Å². The molecule has 144 valence electrons. The van der Waals surface area contributed by atoms with Gasteiger partial charge in [0, 0.05) is 11.6 Å². The first kappa shape index (κ1) is 18.9. The fraction of sp³-hybridized carbons (Fsp3) is 0.250. The molecule has 3 aromatic rings. The van der Waals surface area contributed by atoms with Gasteiger partial charge in [-0.3, -0.25) is 0 Å². The van der Waals surface area contributed by atoms with Crippen LogP contribution in [0.2, 0.25) is 5.02 Å². The second-order valence-corrected chi connectivity index (χ2v) is 7.53. The minimum Gasteiger partial charge on any atom is -0.454 e. The second-order valence-electron chi connectivity index (χ2n) is 7.09. The standard InChI is InChI=1S/C24H24ClNO2/c25-22-9-6-19(7-10-22)16-26-13-12-21(14-18-4-2-1-3-5-18)20-8-11-23-24(15-20)28-17-27-23/h1-11,15,21,26H,12-14,16-17H2/t21-/m0/s1. The largest absolute Gasteiger partial charge is 0.454 e. The van der Waals surface area contributed by atoms with Gasteiger partial charge in [0.2, 0.25) is 6.79 Å². The molecule has 0 radical (unpaired) electrons. The Hall–Kier alpha value is -2.49. The van der Waals surface area contributed by atoms with Crippen LogP contribution in [-0.2, 0) is 13.0 Å². The molecule has 1 heterocycles. The molecule has 1 aliphatic heterocycles. The number of hydrogen-bond acceptors (Lipinski definition) is 3. The molecule has 28 heavy (non-hydrogen) atoms. The normalized spacial score (nSPS) is 13.5. The Bertz CT molecular complexity index is 896. The fourth-order valence-electron chi connectivity index (χ4n) is 3.56. The van der Waals surface area contributed by atoms with Crippen molar-refractivity contribution in [2.24, 2.45) is 0 Å². The first-order chi connectivity index (χ1) is 13.8. The summed E-state index contributed by atoms with van der Waals surface area (Å²) in [5.74, 6) is 2.10. The van der Waals surface area contributed by atoms with E-state index in [0.717, 1.165) is 42.5 Å².